The van der Waals surface area contributed by atoms with Crippen LogP contribution in [0.3, 0.4) is 0 Å². The Morgan fingerprint density at radius 3 is 3.00 bits per heavy atom. The van der Waals surface area contributed by atoms with Crippen LogP contribution in [0.4, 0.5) is 5.69 Å². The number of amides is 1. The maximum absolute atomic E-state index is 12.6. The summed E-state index contributed by atoms with van der Waals surface area (Å²) in [6.07, 6.45) is 7.19. The summed E-state index contributed by atoms with van der Waals surface area (Å²) < 4.78 is 0.783. The van der Waals surface area contributed by atoms with E-state index in [-0.39, 0.29) is 5.91 Å². The lowest BCUT2D eigenvalue weighted by Crippen LogP contribution is -2.37. The van der Waals surface area contributed by atoms with Crippen molar-refractivity contribution in [3.63, 3.8) is 0 Å². The summed E-state index contributed by atoms with van der Waals surface area (Å²) in [5.41, 5.74) is 8.91. The first-order chi connectivity index (χ1) is 11.0. The van der Waals surface area contributed by atoms with Crippen LogP contribution in [0.1, 0.15) is 17.5 Å². The van der Waals surface area contributed by atoms with Crippen LogP contribution < -0.4 is 10.6 Å². The van der Waals surface area contributed by atoms with Crippen molar-refractivity contribution in [1.29, 1.82) is 0 Å². The molecular weight excluding hydrogens is 372 g/mol. The van der Waals surface area contributed by atoms with Gasteiger partial charge in [-0.25, -0.2) is 0 Å². The SMILES string of the molecule is C=C(/C=C\C(Br)=C/N)SCC(=O)N1CCCc2cccc(C)c21. The van der Waals surface area contributed by atoms with Gasteiger partial charge in [0.1, 0.15) is 0 Å². The highest BCUT2D eigenvalue weighted by molar-refractivity contribution is 9.11. The number of benzene rings is 1. The van der Waals surface area contributed by atoms with E-state index in [1.54, 1.807) is 0 Å². The second kappa shape index (κ2) is 8.41. The molecular formula is C18H21BrN2OS. The fourth-order valence-corrected chi connectivity index (χ4v) is 3.37. The van der Waals surface area contributed by atoms with E-state index in [0.29, 0.717) is 5.75 Å². The van der Waals surface area contributed by atoms with Crippen LogP contribution in [0.5, 0.6) is 0 Å². The number of allylic oxidation sites excluding steroid dienone is 3. The van der Waals surface area contributed by atoms with Crippen LogP contribution in [-0.4, -0.2) is 18.2 Å². The summed E-state index contributed by atoms with van der Waals surface area (Å²) in [6.45, 7) is 6.81. The van der Waals surface area contributed by atoms with E-state index in [1.165, 1.54) is 23.5 Å². The molecule has 0 spiro atoms. The van der Waals surface area contributed by atoms with E-state index in [1.807, 2.05) is 17.1 Å². The number of carbonyl (C=O) groups is 1. The van der Waals surface area contributed by atoms with Gasteiger partial charge in [-0.05, 0) is 59.0 Å². The molecule has 1 heterocycles. The molecule has 122 valence electrons. The molecule has 0 aliphatic carbocycles. The van der Waals surface area contributed by atoms with Crippen molar-refractivity contribution >= 4 is 39.3 Å². The van der Waals surface area contributed by atoms with Crippen molar-refractivity contribution in [2.75, 3.05) is 17.2 Å². The molecule has 1 aliphatic heterocycles. The summed E-state index contributed by atoms with van der Waals surface area (Å²) in [6, 6.07) is 6.25. The zero-order valence-electron chi connectivity index (χ0n) is 13.2. The minimum absolute atomic E-state index is 0.133. The predicted molar refractivity (Wildman–Crippen MR) is 104 cm³/mol. The number of hydrogen-bond acceptors (Lipinski definition) is 3. The minimum atomic E-state index is 0.133. The Bertz CT molecular complexity index is 667. The van der Waals surface area contributed by atoms with Crippen LogP contribution in [-0.2, 0) is 11.2 Å². The second-order valence-corrected chi connectivity index (χ2v) is 7.39. The van der Waals surface area contributed by atoms with Crippen molar-refractivity contribution in [2.24, 2.45) is 5.73 Å². The standard InChI is InChI=1S/C18H21BrN2OS/c1-13-5-3-6-15-7-4-10-21(18(13)15)17(22)12-23-14(2)8-9-16(19)11-20/h3,5-6,8-9,11H,2,4,7,10,12,20H2,1H3/b9-8-,16-11+. The van der Waals surface area contributed by atoms with Crippen LogP contribution in [0.15, 0.2) is 52.5 Å². The zero-order chi connectivity index (χ0) is 16.8. The third-order valence-corrected chi connectivity index (χ3v) is 5.12. The van der Waals surface area contributed by atoms with Gasteiger partial charge in [-0.3, -0.25) is 4.79 Å². The average Bonchev–Trinajstić information content (AvgIpc) is 2.57. The fraction of sp³-hybridized carbons (Fsp3) is 0.278. The Morgan fingerprint density at radius 2 is 2.26 bits per heavy atom. The quantitative estimate of drug-likeness (QED) is 0.760. The maximum atomic E-state index is 12.6. The number of nitrogens with zero attached hydrogens (tertiary/aromatic N) is 1. The molecule has 0 saturated heterocycles. The molecule has 1 aliphatic rings. The molecule has 0 saturated carbocycles. The number of nitrogens with two attached hydrogens (primary N) is 1. The van der Waals surface area contributed by atoms with E-state index >= 15 is 0 Å². The van der Waals surface area contributed by atoms with E-state index in [0.717, 1.165) is 40.0 Å². The Labute approximate surface area is 150 Å². The van der Waals surface area contributed by atoms with Gasteiger partial charge in [0.2, 0.25) is 5.91 Å². The molecule has 0 bridgehead atoms. The van der Waals surface area contributed by atoms with E-state index in [4.69, 9.17) is 5.73 Å². The Hall–Kier alpha value is -1.46. The molecule has 1 aromatic rings. The lowest BCUT2D eigenvalue weighted by atomic mass is 9.98. The van der Waals surface area contributed by atoms with Gasteiger partial charge < -0.3 is 10.6 Å². The molecule has 3 nitrogen and oxygen atoms in total. The lowest BCUT2D eigenvalue weighted by Gasteiger charge is -2.31. The minimum Gasteiger partial charge on any atom is -0.404 e. The third kappa shape index (κ3) is 4.75. The zero-order valence-corrected chi connectivity index (χ0v) is 15.6. The first-order valence-corrected chi connectivity index (χ1v) is 9.27. The Balaban J connectivity index is 2.01. The van der Waals surface area contributed by atoms with Gasteiger partial charge in [0, 0.05) is 27.8 Å². The fourth-order valence-electron chi connectivity index (χ4n) is 2.61. The van der Waals surface area contributed by atoms with Gasteiger partial charge in [0.05, 0.1) is 5.75 Å². The molecule has 0 aromatic heterocycles. The number of thioether (sulfide) groups is 1. The number of rotatable bonds is 5. The normalized spacial score (nSPS) is 14.9. The number of halogens is 1. The number of anilines is 1. The molecule has 1 aromatic carbocycles. The van der Waals surface area contributed by atoms with Gasteiger partial charge in [0.25, 0.3) is 0 Å². The highest BCUT2D eigenvalue weighted by atomic mass is 79.9. The number of para-hydroxylation sites is 1. The van der Waals surface area contributed by atoms with Crippen LogP contribution >= 0.6 is 27.7 Å². The second-order valence-electron chi connectivity index (χ2n) is 5.37. The molecule has 0 atom stereocenters. The molecule has 2 rings (SSSR count). The van der Waals surface area contributed by atoms with Gasteiger partial charge in [-0.15, -0.1) is 11.8 Å². The molecule has 1 amide bonds. The van der Waals surface area contributed by atoms with Crippen molar-refractivity contribution in [3.8, 4) is 0 Å². The molecule has 5 heteroatoms. The van der Waals surface area contributed by atoms with Crippen LogP contribution in [0, 0.1) is 6.92 Å². The van der Waals surface area contributed by atoms with Crippen molar-refractivity contribution in [3.05, 3.63) is 63.6 Å². The summed E-state index contributed by atoms with van der Waals surface area (Å²) in [4.78, 5) is 15.4. The number of hydrogen-bond donors (Lipinski definition) is 1. The van der Waals surface area contributed by atoms with Crippen LogP contribution in [0.25, 0.3) is 0 Å². The molecule has 0 radical (unpaired) electrons. The van der Waals surface area contributed by atoms with Gasteiger partial charge in [-0.1, -0.05) is 24.8 Å². The lowest BCUT2D eigenvalue weighted by molar-refractivity contribution is -0.116. The summed E-state index contributed by atoms with van der Waals surface area (Å²) in [5.74, 6) is 0.522. The molecule has 0 unspecified atom stereocenters. The number of fused-ring (bicyclic) bond motifs is 1. The van der Waals surface area contributed by atoms with E-state index in [2.05, 4.69) is 47.6 Å². The highest BCUT2D eigenvalue weighted by Crippen LogP contribution is 2.31. The van der Waals surface area contributed by atoms with Crippen LogP contribution in [0.2, 0.25) is 0 Å². The number of aryl methyl sites for hydroxylation is 2. The van der Waals surface area contributed by atoms with E-state index in [9.17, 15) is 4.79 Å². The first-order valence-electron chi connectivity index (χ1n) is 7.49. The van der Waals surface area contributed by atoms with Gasteiger partial charge in [-0.2, -0.15) is 0 Å². The summed E-state index contributed by atoms with van der Waals surface area (Å²) in [7, 11) is 0. The molecule has 2 N–H and O–H groups in total. The summed E-state index contributed by atoms with van der Waals surface area (Å²) in [5, 5.41) is 0. The molecule has 0 fully saturated rings. The Morgan fingerprint density at radius 1 is 1.48 bits per heavy atom. The topological polar surface area (TPSA) is 46.3 Å². The van der Waals surface area contributed by atoms with E-state index < -0.39 is 0 Å². The van der Waals surface area contributed by atoms with Crippen molar-refractivity contribution in [1.82, 2.24) is 0 Å². The van der Waals surface area contributed by atoms with Gasteiger partial charge >= 0.3 is 0 Å². The average molecular weight is 393 g/mol. The molecule has 23 heavy (non-hydrogen) atoms. The highest BCUT2D eigenvalue weighted by Gasteiger charge is 2.23. The van der Waals surface area contributed by atoms with Crippen molar-refractivity contribution < 1.29 is 4.79 Å². The number of carbonyl (C=O) groups excluding carboxylic acids is 1. The van der Waals surface area contributed by atoms with Crippen molar-refractivity contribution in [2.45, 2.75) is 19.8 Å². The predicted octanol–water partition coefficient (Wildman–Crippen LogP) is 4.27. The first kappa shape index (κ1) is 17.9. The smallest absolute Gasteiger partial charge is 0.237 e. The maximum Gasteiger partial charge on any atom is 0.237 e. The van der Waals surface area contributed by atoms with Gasteiger partial charge in [0.15, 0.2) is 0 Å². The Kier molecular flexibility index (Phi) is 6.54. The third-order valence-electron chi connectivity index (χ3n) is 3.69. The monoisotopic (exact) mass is 392 g/mol. The largest absolute Gasteiger partial charge is 0.404 e. The summed E-state index contributed by atoms with van der Waals surface area (Å²) >= 11 is 4.75.